The van der Waals surface area contributed by atoms with E-state index in [0.29, 0.717) is 0 Å². The van der Waals surface area contributed by atoms with E-state index in [2.05, 4.69) is 11.4 Å². The fourth-order valence-electron chi connectivity index (χ4n) is 2.48. The number of amides is 1. The van der Waals surface area contributed by atoms with Crippen LogP contribution >= 0.6 is 0 Å². The van der Waals surface area contributed by atoms with Crippen LogP contribution in [0, 0.1) is 19.8 Å². The van der Waals surface area contributed by atoms with Crippen LogP contribution in [0.3, 0.4) is 0 Å². The lowest BCUT2D eigenvalue weighted by Crippen LogP contribution is -2.15. The largest absolute Gasteiger partial charge is 0.469 e. The first-order chi connectivity index (χ1) is 9.15. The van der Waals surface area contributed by atoms with Gasteiger partial charge in [-0.05, 0) is 44.0 Å². The third-order valence-electron chi connectivity index (χ3n) is 3.68. The van der Waals surface area contributed by atoms with Crippen molar-refractivity contribution >= 4 is 11.6 Å². The van der Waals surface area contributed by atoms with Gasteiger partial charge < -0.3 is 9.73 Å². The molecule has 0 aliphatic heterocycles. The molecule has 3 rings (SSSR count). The van der Waals surface area contributed by atoms with Crippen LogP contribution in [0.2, 0.25) is 0 Å². The second kappa shape index (κ2) is 4.57. The van der Waals surface area contributed by atoms with E-state index >= 15 is 0 Å². The minimum Gasteiger partial charge on any atom is -0.469 e. The summed E-state index contributed by atoms with van der Waals surface area (Å²) >= 11 is 0. The molecule has 0 bridgehead atoms. The normalized spacial score (nSPS) is 21.2. The van der Waals surface area contributed by atoms with E-state index in [1.54, 1.807) is 6.26 Å². The average Bonchev–Trinajstić information content (AvgIpc) is 2.99. The fraction of sp³-hybridized carbons (Fsp3) is 0.312. The Labute approximate surface area is 112 Å². The number of furan rings is 1. The molecule has 3 nitrogen and oxygen atoms in total. The van der Waals surface area contributed by atoms with E-state index in [1.807, 2.05) is 38.1 Å². The number of benzene rings is 1. The summed E-state index contributed by atoms with van der Waals surface area (Å²) in [7, 11) is 0. The maximum Gasteiger partial charge on any atom is 0.228 e. The molecular formula is C16H17NO2. The van der Waals surface area contributed by atoms with E-state index in [1.165, 1.54) is 5.56 Å². The first-order valence-electron chi connectivity index (χ1n) is 6.56. The fourth-order valence-corrected chi connectivity index (χ4v) is 2.48. The predicted molar refractivity (Wildman–Crippen MR) is 74.1 cm³/mol. The smallest absolute Gasteiger partial charge is 0.228 e. The predicted octanol–water partition coefficient (Wildman–Crippen LogP) is 3.64. The van der Waals surface area contributed by atoms with Gasteiger partial charge in [-0.25, -0.2) is 0 Å². The van der Waals surface area contributed by atoms with Crippen LogP contribution in [-0.4, -0.2) is 5.91 Å². The van der Waals surface area contributed by atoms with Gasteiger partial charge in [0.15, 0.2) is 0 Å². The molecule has 1 amide bonds. The average molecular weight is 255 g/mol. The van der Waals surface area contributed by atoms with E-state index in [-0.39, 0.29) is 17.7 Å². The standard InChI is InChI=1S/C16H17NO2/c1-10-5-6-14(11(2)8-10)17-16(18)13-9-12(13)15-4-3-7-19-15/h3-8,12-13H,9H2,1-2H3,(H,17,18). The molecule has 1 N–H and O–H groups in total. The van der Waals surface area contributed by atoms with Crippen LogP contribution in [-0.2, 0) is 4.79 Å². The summed E-state index contributed by atoms with van der Waals surface area (Å²) in [5.74, 6) is 1.31. The van der Waals surface area contributed by atoms with Crippen LogP contribution < -0.4 is 5.32 Å². The number of aryl methyl sites for hydroxylation is 2. The molecule has 1 fully saturated rings. The molecule has 0 saturated heterocycles. The van der Waals surface area contributed by atoms with Gasteiger partial charge in [0, 0.05) is 17.5 Å². The van der Waals surface area contributed by atoms with Crippen molar-refractivity contribution in [2.75, 3.05) is 5.32 Å². The quantitative estimate of drug-likeness (QED) is 0.909. The van der Waals surface area contributed by atoms with Crippen molar-refractivity contribution in [3.8, 4) is 0 Å². The zero-order valence-corrected chi connectivity index (χ0v) is 11.1. The Morgan fingerprint density at radius 3 is 2.84 bits per heavy atom. The van der Waals surface area contributed by atoms with E-state index < -0.39 is 0 Å². The molecular weight excluding hydrogens is 238 g/mol. The topological polar surface area (TPSA) is 42.2 Å². The lowest BCUT2D eigenvalue weighted by atomic mass is 10.1. The van der Waals surface area contributed by atoms with Gasteiger partial charge >= 0.3 is 0 Å². The molecule has 2 aromatic rings. The zero-order chi connectivity index (χ0) is 13.4. The first-order valence-corrected chi connectivity index (χ1v) is 6.56. The van der Waals surface area contributed by atoms with Crippen molar-refractivity contribution < 1.29 is 9.21 Å². The van der Waals surface area contributed by atoms with Crippen molar-refractivity contribution in [2.24, 2.45) is 5.92 Å². The Morgan fingerprint density at radius 2 is 2.16 bits per heavy atom. The maximum absolute atomic E-state index is 12.2. The number of carbonyl (C=O) groups excluding carboxylic acids is 1. The maximum atomic E-state index is 12.2. The Hall–Kier alpha value is -2.03. The molecule has 1 heterocycles. The van der Waals surface area contributed by atoms with Crippen molar-refractivity contribution in [1.29, 1.82) is 0 Å². The lowest BCUT2D eigenvalue weighted by molar-refractivity contribution is -0.117. The van der Waals surface area contributed by atoms with Crippen LogP contribution in [0.15, 0.2) is 41.0 Å². The zero-order valence-electron chi connectivity index (χ0n) is 11.1. The molecule has 1 aromatic heterocycles. The molecule has 0 radical (unpaired) electrons. The van der Waals surface area contributed by atoms with Gasteiger partial charge in [0.2, 0.25) is 5.91 Å². The van der Waals surface area contributed by atoms with Gasteiger partial charge in [0.25, 0.3) is 0 Å². The highest BCUT2D eigenvalue weighted by atomic mass is 16.3. The van der Waals surface area contributed by atoms with E-state index in [0.717, 1.165) is 23.4 Å². The minimum atomic E-state index is 0.0480. The molecule has 19 heavy (non-hydrogen) atoms. The number of nitrogens with one attached hydrogen (secondary N) is 1. The number of hydrogen-bond acceptors (Lipinski definition) is 2. The molecule has 1 saturated carbocycles. The van der Waals surface area contributed by atoms with Crippen LogP contribution in [0.4, 0.5) is 5.69 Å². The van der Waals surface area contributed by atoms with Gasteiger partial charge in [0.1, 0.15) is 5.76 Å². The molecule has 2 unspecified atom stereocenters. The van der Waals surface area contributed by atoms with Gasteiger partial charge in [0.05, 0.1) is 6.26 Å². The highest BCUT2D eigenvalue weighted by Crippen LogP contribution is 2.48. The summed E-state index contributed by atoms with van der Waals surface area (Å²) in [4.78, 5) is 12.2. The lowest BCUT2D eigenvalue weighted by Gasteiger charge is -2.08. The van der Waals surface area contributed by atoms with E-state index in [4.69, 9.17) is 4.42 Å². The second-order valence-corrected chi connectivity index (χ2v) is 5.27. The van der Waals surface area contributed by atoms with Gasteiger partial charge in [-0.1, -0.05) is 17.7 Å². The van der Waals surface area contributed by atoms with Crippen LogP contribution in [0.1, 0.15) is 29.2 Å². The van der Waals surface area contributed by atoms with Crippen molar-refractivity contribution in [2.45, 2.75) is 26.2 Å². The molecule has 3 heteroatoms. The Bertz CT molecular complexity index is 601. The molecule has 1 aliphatic rings. The molecule has 1 aliphatic carbocycles. The molecule has 1 aromatic carbocycles. The summed E-state index contributed by atoms with van der Waals surface area (Å²) in [6.07, 6.45) is 2.54. The molecule has 2 atom stereocenters. The van der Waals surface area contributed by atoms with Crippen LogP contribution in [0.25, 0.3) is 0 Å². The first kappa shape index (κ1) is 12.0. The monoisotopic (exact) mass is 255 g/mol. The third kappa shape index (κ3) is 2.41. The van der Waals surface area contributed by atoms with Crippen molar-refractivity contribution in [1.82, 2.24) is 0 Å². The Kier molecular flexibility index (Phi) is 2.90. The Balaban J connectivity index is 1.67. The highest BCUT2D eigenvalue weighted by molar-refractivity contribution is 5.95. The highest BCUT2D eigenvalue weighted by Gasteiger charge is 2.45. The number of hydrogen-bond donors (Lipinski definition) is 1. The van der Waals surface area contributed by atoms with Gasteiger partial charge in [-0.15, -0.1) is 0 Å². The summed E-state index contributed by atoms with van der Waals surface area (Å²) in [6.45, 7) is 4.06. The van der Waals surface area contributed by atoms with E-state index in [9.17, 15) is 4.79 Å². The van der Waals surface area contributed by atoms with Gasteiger partial charge in [-0.3, -0.25) is 4.79 Å². The summed E-state index contributed by atoms with van der Waals surface area (Å²) in [5.41, 5.74) is 3.21. The summed E-state index contributed by atoms with van der Waals surface area (Å²) in [5, 5.41) is 3.01. The van der Waals surface area contributed by atoms with Crippen molar-refractivity contribution in [3.05, 3.63) is 53.5 Å². The van der Waals surface area contributed by atoms with Gasteiger partial charge in [-0.2, -0.15) is 0 Å². The summed E-state index contributed by atoms with van der Waals surface area (Å²) < 4.78 is 5.35. The number of carbonyl (C=O) groups is 1. The molecule has 98 valence electrons. The number of rotatable bonds is 3. The minimum absolute atomic E-state index is 0.0480. The molecule has 0 spiro atoms. The summed E-state index contributed by atoms with van der Waals surface area (Å²) in [6, 6.07) is 9.86. The SMILES string of the molecule is Cc1ccc(NC(=O)C2CC2c2ccco2)c(C)c1. The van der Waals surface area contributed by atoms with Crippen molar-refractivity contribution in [3.63, 3.8) is 0 Å². The second-order valence-electron chi connectivity index (χ2n) is 5.27. The third-order valence-corrected chi connectivity index (χ3v) is 3.68. The van der Waals surface area contributed by atoms with Crippen LogP contribution in [0.5, 0.6) is 0 Å². The Morgan fingerprint density at radius 1 is 1.32 bits per heavy atom. The number of anilines is 1.